The summed E-state index contributed by atoms with van der Waals surface area (Å²) in [6, 6.07) is 10.7. The second-order valence-corrected chi connectivity index (χ2v) is 6.94. The Labute approximate surface area is 145 Å². The van der Waals surface area contributed by atoms with Crippen LogP contribution in [0.3, 0.4) is 0 Å². The molecule has 0 aromatic heterocycles. The summed E-state index contributed by atoms with van der Waals surface area (Å²) in [5, 5.41) is 3.32. The molecule has 0 saturated carbocycles. The number of carbonyl (C=O) groups excluding carboxylic acids is 1. The van der Waals surface area contributed by atoms with Crippen LogP contribution in [0.15, 0.2) is 30.3 Å². The van der Waals surface area contributed by atoms with Crippen LogP contribution >= 0.6 is 0 Å². The van der Waals surface area contributed by atoms with E-state index in [4.69, 9.17) is 4.74 Å². The average molecular weight is 331 g/mol. The molecule has 1 amide bonds. The number of nitrogens with zero attached hydrogens (tertiary/aromatic N) is 2. The first-order valence-corrected chi connectivity index (χ1v) is 8.99. The molecule has 1 aromatic carbocycles. The molecule has 0 radical (unpaired) electrons. The van der Waals surface area contributed by atoms with Gasteiger partial charge in [-0.1, -0.05) is 18.2 Å². The van der Waals surface area contributed by atoms with Gasteiger partial charge in [-0.05, 0) is 50.9 Å². The van der Waals surface area contributed by atoms with Crippen molar-refractivity contribution in [2.24, 2.45) is 0 Å². The maximum atomic E-state index is 13.1. The third kappa shape index (κ3) is 3.42. The molecule has 1 aromatic rings. The number of rotatable bonds is 4. The SMILES string of the molecule is COC1(C(=O)N(C)C2CCCN(c3ccccc3)C2)CCNCC1. The van der Waals surface area contributed by atoms with Crippen molar-refractivity contribution in [1.82, 2.24) is 10.2 Å². The molecule has 1 N–H and O–H groups in total. The normalized spacial score (nSPS) is 23.8. The molecule has 132 valence electrons. The molecule has 2 aliphatic rings. The summed E-state index contributed by atoms with van der Waals surface area (Å²) in [4.78, 5) is 17.5. The summed E-state index contributed by atoms with van der Waals surface area (Å²) < 4.78 is 5.72. The predicted octanol–water partition coefficient (Wildman–Crippen LogP) is 1.88. The molecule has 0 bridgehead atoms. The van der Waals surface area contributed by atoms with Gasteiger partial charge in [-0.25, -0.2) is 0 Å². The molecule has 5 nitrogen and oxygen atoms in total. The van der Waals surface area contributed by atoms with E-state index < -0.39 is 5.60 Å². The van der Waals surface area contributed by atoms with Crippen molar-refractivity contribution in [2.45, 2.75) is 37.3 Å². The molecule has 1 unspecified atom stereocenters. The van der Waals surface area contributed by atoms with Gasteiger partial charge in [0.15, 0.2) is 0 Å². The molecule has 3 rings (SSSR count). The minimum absolute atomic E-state index is 0.145. The van der Waals surface area contributed by atoms with Crippen LogP contribution in [0.4, 0.5) is 5.69 Å². The van der Waals surface area contributed by atoms with E-state index >= 15 is 0 Å². The first-order chi connectivity index (χ1) is 11.7. The zero-order valence-corrected chi connectivity index (χ0v) is 14.8. The Morgan fingerprint density at radius 2 is 2.00 bits per heavy atom. The number of piperidine rings is 2. The summed E-state index contributed by atoms with van der Waals surface area (Å²) in [5.41, 5.74) is 0.598. The van der Waals surface area contributed by atoms with Crippen LogP contribution in [0.1, 0.15) is 25.7 Å². The topological polar surface area (TPSA) is 44.8 Å². The van der Waals surface area contributed by atoms with Gasteiger partial charge in [-0.3, -0.25) is 4.79 Å². The van der Waals surface area contributed by atoms with Crippen LogP contribution in [0, 0.1) is 0 Å². The van der Waals surface area contributed by atoms with Gasteiger partial charge in [0.25, 0.3) is 5.91 Å². The van der Waals surface area contributed by atoms with Crippen molar-refractivity contribution in [3.63, 3.8) is 0 Å². The van der Waals surface area contributed by atoms with E-state index in [0.29, 0.717) is 0 Å². The molecule has 5 heteroatoms. The lowest BCUT2D eigenvalue weighted by molar-refractivity contribution is -0.159. The van der Waals surface area contributed by atoms with Crippen LogP contribution in [0.2, 0.25) is 0 Å². The first-order valence-electron chi connectivity index (χ1n) is 8.99. The summed E-state index contributed by atoms with van der Waals surface area (Å²) in [6.45, 7) is 3.63. The minimum atomic E-state index is -0.644. The highest BCUT2D eigenvalue weighted by atomic mass is 16.5. The average Bonchev–Trinajstić information content (AvgIpc) is 2.68. The van der Waals surface area contributed by atoms with Crippen LogP contribution in [0.25, 0.3) is 0 Å². The number of nitrogens with one attached hydrogen (secondary N) is 1. The van der Waals surface area contributed by atoms with Crippen molar-refractivity contribution in [3.05, 3.63) is 30.3 Å². The Morgan fingerprint density at radius 1 is 1.29 bits per heavy atom. The van der Waals surface area contributed by atoms with E-state index in [2.05, 4.69) is 34.5 Å². The van der Waals surface area contributed by atoms with E-state index in [0.717, 1.165) is 51.9 Å². The molecule has 0 spiro atoms. The van der Waals surface area contributed by atoms with Crippen molar-refractivity contribution in [3.8, 4) is 0 Å². The van der Waals surface area contributed by atoms with Crippen LogP contribution in [0.5, 0.6) is 0 Å². The second-order valence-electron chi connectivity index (χ2n) is 6.94. The summed E-state index contributed by atoms with van der Waals surface area (Å²) >= 11 is 0. The standard InChI is InChI=1S/C19H29N3O2/c1-21(18(23)19(24-2)10-12-20-13-11-19)17-9-6-14-22(15-17)16-7-4-3-5-8-16/h3-5,7-8,17,20H,6,9-15H2,1-2H3. The molecule has 2 fully saturated rings. The predicted molar refractivity (Wildman–Crippen MR) is 96.3 cm³/mol. The lowest BCUT2D eigenvalue weighted by atomic mass is 9.89. The number of likely N-dealkylation sites (N-methyl/N-ethyl adjacent to an activating group) is 1. The van der Waals surface area contributed by atoms with E-state index in [1.54, 1.807) is 7.11 Å². The Hall–Kier alpha value is -1.59. The van der Waals surface area contributed by atoms with Crippen molar-refractivity contribution in [1.29, 1.82) is 0 Å². The summed E-state index contributed by atoms with van der Waals surface area (Å²) in [6.07, 6.45) is 3.67. The third-order valence-electron chi connectivity index (χ3n) is 5.58. The van der Waals surface area contributed by atoms with Gasteiger partial charge in [-0.2, -0.15) is 0 Å². The van der Waals surface area contributed by atoms with Gasteiger partial charge in [0, 0.05) is 39.0 Å². The Kier molecular flexibility index (Phi) is 5.41. The Morgan fingerprint density at radius 3 is 2.67 bits per heavy atom. The smallest absolute Gasteiger partial charge is 0.254 e. The zero-order valence-electron chi connectivity index (χ0n) is 14.8. The molecule has 24 heavy (non-hydrogen) atoms. The number of anilines is 1. The number of methoxy groups -OCH3 is 1. The highest BCUT2D eigenvalue weighted by Gasteiger charge is 2.43. The van der Waals surface area contributed by atoms with Gasteiger partial charge < -0.3 is 19.9 Å². The number of amides is 1. The highest BCUT2D eigenvalue weighted by molar-refractivity contribution is 5.85. The van der Waals surface area contributed by atoms with Gasteiger partial charge in [-0.15, -0.1) is 0 Å². The van der Waals surface area contributed by atoms with Crippen LogP contribution in [-0.2, 0) is 9.53 Å². The van der Waals surface area contributed by atoms with Gasteiger partial charge in [0.1, 0.15) is 5.60 Å². The van der Waals surface area contributed by atoms with E-state index in [1.165, 1.54) is 5.69 Å². The van der Waals surface area contributed by atoms with Crippen LogP contribution < -0.4 is 10.2 Å². The van der Waals surface area contributed by atoms with Crippen molar-refractivity contribution < 1.29 is 9.53 Å². The Bertz CT molecular complexity index is 543. The fourth-order valence-electron chi connectivity index (χ4n) is 3.97. The maximum Gasteiger partial charge on any atom is 0.254 e. The summed E-state index contributed by atoms with van der Waals surface area (Å²) in [5.74, 6) is 0.145. The third-order valence-corrected chi connectivity index (χ3v) is 5.58. The van der Waals surface area contributed by atoms with E-state index in [9.17, 15) is 4.79 Å². The molecular weight excluding hydrogens is 302 g/mol. The molecule has 2 aliphatic heterocycles. The van der Waals surface area contributed by atoms with Crippen molar-refractivity contribution in [2.75, 3.05) is 45.2 Å². The van der Waals surface area contributed by atoms with Gasteiger partial charge in [0.05, 0.1) is 0 Å². The van der Waals surface area contributed by atoms with Crippen molar-refractivity contribution >= 4 is 11.6 Å². The number of hydrogen-bond donors (Lipinski definition) is 1. The van der Waals surface area contributed by atoms with E-state index in [1.807, 2.05) is 18.0 Å². The number of ether oxygens (including phenoxy) is 1. The molecule has 2 saturated heterocycles. The lowest BCUT2D eigenvalue weighted by Crippen LogP contribution is -2.58. The molecular formula is C19H29N3O2. The summed E-state index contributed by atoms with van der Waals surface area (Å²) in [7, 11) is 3.62. The fourth-order valence-corrected chi connectivity index (χ4v) is 3.97. The monoisotopic (exact) mass is 331 g/mol. The molecule has 0 aliphatic carbocycles. The van der Waals surface area contributed by atoms with Gasteiger partial charge >= 0.3 is 0 Å². The lowest BCUT2D eigenvalue weighted by Gasteiger charge is -2.43. The maximum absolute atomic E-state index is 13.1. The quantitative estimate of drug-likeness (QED) is 0.915. The van der Waals surface area contributed by atoms with Gasteiger partial charge in [0.2, 0.25) is 0 Å². The first kappa shape index (κ1) is 17.2. The minimum Gasteiger partial charge on any atom is -0.369 e. The second kappa shape index (κ2) is 7.53. The van der Waals surface area contributed by atoms with Crippen LogP contribution in [-0.4, -0.2) is 62.8 Å². The number of carbonyl (C=O) groups is 1. The number of benzene rings is 1. The highest BCUT2D eigenvalue weighted by Crippen LogP contribution is 2.28. The molecule has 1 atom stereocenters. The number of hydrogen-bond acceptors (Lipinski definition) is 4. The molecule has 2 heterocycles. The zero-order chi connectivity index (χ0) is 17.0. The Balaban J connectivity index is 1.69. The van der Waals surface area contributed by atoms with E-state index in [-0.39, 0.29) is 11.9 Å². The largest absolute Gasteiger partial charge is 0.369 e. The number of para-hydroxylation sites is 1. The fraction of sp³-hybridized carbons (Fsp3) is 0.632.